The van der Waals surface area contributed by atoms with E-state index in [-0.39, 0.29) is 13.2 Å². The summed E-state index contributed by atoms with van der Waals surface area (Å²) in [7, 11) is 0. The fraction of sp³-hybridized carbons (Fsp3) is 0.549. The Hall–Kier alpha value is -4.19. The van der Waals surface area contributed by atoms with Crippen LogP contribution in [0.3, 0.4) is 0 Å². The van der Waals surface area contributed by atoms with Gasteiger partial charge in [0, 0.05) is 18.2 Å². The minimum atomic E-state index is -0.982. The molecular formula is C51H78O6. The number of hydrogen-bond donors (Lipinski definition) is 0. The lowest BCUT2D eigenvalue weighted by Gasteiger charge is -2.16. The molecule has 0 bridgehead atoms. The molecule has 0 N–H and O–H groups in total. The van der Waals surface area contributed by atoms with E-state index in [9.17, 15) is 14.4 Å². The molecule has 0 saturated heterocycles. The maximum absolute atomic E-state index is 12.6. The maximum Gasteiger partial charge on any atom is 0.331 e. The normalized spacial score (nSPS) is 13.2. The van der Waals surface area contributed by atoms with Gasteiger partial charge in [-0.3, -0.25) is 0 Å². The van der Waals surface area contributed by atoms with Crippen LogP contribution in [0.2, 0.25) is 0 Å². The highest BCUT2D eigenvalue weighted by Gasteiger charge is 2.17. The summed E-state index contributed by atoms with van der Waals surface area (Å²) in [5, 5.41) is 0. The fourth-order valence-electron chi connectivity index (χ4n) is 5.51. The molecule has 0 radical (unpaired) electrons. The van der Waals surface area contributed by atoms with Crippen molar-refractivity contribution in [2.24, 2.45) is 0 Å². The Labute approximate surface area is 348 Å². The SMILES string of the molecule is CCCCCCCC=CC=CC=CC=CC(=O)OCC(COC(=O)C=CC=CC=CCCCCCCCCC)OC(=O)C=CC=CC=CCCCCCCCCC. The number of hydrogen-bond acceptors (Lipinski definition) is 6. The van der Waals surface area contributed by atoms with E-state index in [1.807, 2.05) is 48.6 Å². The van der Waals surface area contributed by atoms with Crippen LogP contribution in [-0.2, 0) is 28.6 Å². The quantitative estimate of drug-likeness (QED) is 0.0205. The second-order valence-electron chi connectivity index (χ2n) is 14.2. The summed E-state index contributed by atoms with van der Waals surface area (Å²) in [6.45, 7) is 6.15. The molecule has 6 heteroatoms. The molecule has 0 rings (SSSR count). The van der Waals surface area contributed by atoms with Gasteiger partial charge in [0.15, 0.2) is 6.10 Å². The molecule has 0 aromatic heterocycles. The molecule has 0 aromatic rings. The van der Waals surface area contributed by atoms with Gasteiger partial charge in [0.25, 0.3) is 0 Å². The average Bonchev–Trinajstić information content (AvgIpc) is 3.21. The van der Waals surface area contributed by atoms with Crippen LogP contribution < -0.4 is 0 Å². The van der Waals surface area contributed by atoms with Crippen LogP contribution in [0.15, 0.2) is 122 Å². The summed E-state index contributed by atoms with van der Waals surface area (Å²) in [5.74, 6) is -1.84. The largest absolute Gasteiger partial charge is 0.458 e. The first-order valence-electron chi connectivity index (χ1n) is 22.2. The van der Waals surface area contributed by atoms with E-state index in [1.54, 1.807) is 36.5 Å². The number of unbranched alkanes of at least 4 members (excludes halogenated alkanes) is 19. The molecule has 318 valence electrons. The second kappa shape index (κ2) is 44.5. The van der Waals surface area contributed by atoms with Gasteiger partial charge in [-0.25, -0.2) is 14.4 Å². The predicted octanol–water partition coefficient (Wildman–Crippen LogP) is 14.2. The van der Waals surface area contributed by atoms with E-state index in [4.69, 9.17) is 14.2 Å². The van der Waals surface area contributed by atoms with Crippen LogP contribution in [-0.4, -0.2) is 37.2 Å². The third kappa shape index (κ3) is 42.8. The maximum atomic E-state index is 12.6. The number of carbonyl (C=O) groups is 3. The summed E-state index contributed by atoms with van der Waals surface area (Å²) in [5.41, 5.74) is 0. The van der Waals surface area contributed by atoms with Gasteiger partial charge in [-0.2, -0.15) is 0 Å². The van der Waals surface area contributed by atoms with Crippen LogP contribution in [0.25, 0.3) is 0 Å². The van der Waals surface area contributed by atoms with Crippen molar-refractivity contribution in [1.82, 2.24) is 0 Å². The van der Waals surface area contributed by atoms with E-state index in [2.05, 4.69) is 39.0 Å². The Balaban J connectivity index is 4.88. The lowest BCUT2D eigenvalue weighted by molar-refractivity contribution is -0.160. The Bertz CT molecular complexity index is 1270. The van der Waals surface area contributed by atoms with Gasteiger partial charge in [-0.15, -0.1) is 0 Å². The predicted molar refractivity (Wildman–Crippen MR) is 242 cm³/mol. The Morgan fingerprint density at radius 3 is 0.982 bits per heavy atom. The van der Waals surface area contributed by atoms with Gasteiger partial charge in [0.1, 0.15) is 13.2 Å². The third-order valence-corrected chi connectivity index (χ3v) is 8.86. The van der Waals surface area contributed by atoms with E-state index in [0.29, 0.717) is 0 Å². The van der Waals surface area contributed by atoms with Crippen LogP contribution in [0, 0.1) is 0 Å². The fourth-order valence-corrected chi connectivity index (χ4v) is 5.51. The molecule has 0 heterocycles. The Morgan fingerprint density at radius 2 is 0.632 bits per heavy atom. The van der Waals surface area contributed by atoms with Gasteiger partial charge in [0.05, 0.1) is 0 Å². The highest BCUT2D eigenvalue weighted by atomic mass is 16.6. The molecule has 0 fully saturated rings. The highest BCUT2D eigenvalue weighted by Crippen LogP contribution is 2.10. The Morgan fingerprint density at radius 1 is 0.351 bits per heavy atom. The standard InChI is InChI=1S/C51H78O6/c1-4-7-10-13-16-19-22-25-28-31-34-37-40-43-49(52)55-46-48(57-51(54)45-42-39-36-33-30-27-24-21-18-15-12-9-6-3)47-56-50(53)44-41-38-35-32-29-26-23-20-17-14-11-8-5-2/h22,25,28-45,48H,4-21,23-24,26-27,46-47H2,1-3H3. The molecule has 1 unspecified atom stereocenters. The van der Waals surface area contributed by atoms with Crippen molar-refractivity contribution in [2.45, 2.75) is 168 Å². The minimum absolute atomic E-state index is 0.268. The van der Waals surface area contributed by atoms with Crippen molar-refractivity contribution in [2.75, 3.05) is 13.2 Å². The molecule has 0 aromatic carbocycles. The van der Waals surface area contributed by atoms with Gasteiger partial charge < -0.3 is 14.2 Å². The molecule has 0 spiro atoms. The van der Waals surface area contributed by atoms with Gasteiger partial charge in [-0.05, 0) is 38.5 Å². The molecule has 1 atom stereocenters. The zero-order valence-electron chi connectivity index (χ0n) is 36.0. The monoisotopic (exact) mass is 787 g/mol. The topological polar surface area (TPSA) is 78.9 Å². The van der Waals surface area contributed by atoms with E-state index >= 15 is 0 Å². The number of carbonyl (C=O) groups excluding carboxylic acids is 3. The van der Waals surface area contributed by atoms with Crippen molar-refractivity contribution in [3.05, 3.63) is 122 Å². The number of esters is 3. The Kier molecular flexibility index (Phi) is 41.3. The molecule has 0 aliphatic carbocycles. The van der Waals surface area contributed by atoms with Crippen LogP contribution in [0.5, 0.6) is 0 Å². The van der Waals surface area contributed by atoms with Crippen molar-refractivity contribution in [3.63, 3.8) is 0 Å². The van der Waals surface area contributed by atoms with Gasteiger partial charge in [-0.1, -0.05) is 227 Å². The number of ether oxygens (including phenoxy) is 3. The smallest absolute Gasteiger partial charge is 0.331 e. The summed E-state index contributed by atoms with van der Waals surface area (Å²) < 4.78 is 16.1. The first kappa shape index (κ1) is 52.8. The number of allylic oxidation sites excluding steroid dienone is 17. The zero-order valence-corrected chi connectivity index (χ0v) is 36.0. The molecule has 0 aliphatic rings. The van der Waals surface area contributed by atoms with Crippen molar-refractivity contribution in [3.8, 4) is 0 Å². The number of rotatable bonds is 37. The van der Waals surface area contributed by atoms with E-state index in [1.165, 1.54) is 140 Å². The first-order chi connectivity index (χ1) is 28.0. The highest BCUT2D eigenvalue weighted by molar-refractivity contribution is 5.83. The summed E-state index contributed by atoms with van der Waals surface area (Å²) in [4.78, 5) is 37.3. The summed E-state index contributed by atoms with van der Waals surface area (Å²) >= 11 is 0. The van der Waals surface area contributed by atoms with Crippen LogP contribution in [0.1, 0.15) is 162 Å². The summed E-state index contributed by atoms with van der Waals surface area (Å²) in [6.07, 6.45) is 62.2. The lowest BCUT2D eigenvalue weighted by atomic mass is 10.1. The third-order valence-electron chi connectivity index (χ3n) is 8.86. The molecule has 0 amide bonds. The van der Waals surface area contributed by atoms with Crippen molar-refractivity contribution < 1.29 is 28.6 Å². The molecule has 0 saturated carbocycles. The zero-order chi connectivity index (χ0) is 41.5. The minimum Gasteiger partial charge on any atom is -0.458 e. The van der Waals surface area contributed by atoms with Gasteiger partial charge >= 0.3 is 17.9 Å². The van der Waals surface area contributed by atoms with E-state index in [0.717, 1.165) is 19.3 Å². The van der Waals surface area contributed by atoms with E-state index < -0.39 is 24.0 Å². The lowest BCUT2D eigenvalue weighted by Crippen LogP contribution is -2.29. The molecule has 6 nitrogen and oxygen atoms in total. The molecule has 0 aliphatic heterocycles. The molecular weight excluding hydrogens is 709 g/mol. The average molecular weight is 787 g/mol. The summed E-state index contributed by atoms with van der Waals surface area (Å²) in [6, 6.07) is 0. The second-order valence-corrected chi connectivity index (χ2v) is 14.2. The van der Waals surface area contributed by atoms with Gasteiger partial charge in [0.2, 0.25) is 0 Å². The molecule has 57 heavy (non-hydrogen) atoms. The van der Waals surface area contributed by atoms with Crippen LogP contribution in [0.4, 0.5) is 0 Å². The van der Waals surface area contributed by atoms with Crippen molar-refractivity contribution in [1.29, 1.82) is 0 Å². The van der Waals surface area contributed by atoms with Crippen LogP contribution >= 0.6 is 0 Å². The first-order valence-corrected chi connectivity index (χ1v) is 22.2. The van der Waals surface area contributed by atoms with Crippen molar-refractivity contribution >= 4 is 17.9 Å².